The van der Waals surface area contributed by atoms with Crippen LogP contribution in [0.25, 0.3) is 11.0 Å². The van der Waals surface area contributed by atoms with Gasteiger partial charge in [0.1, 0.15) is 18.7 Å². The third kappa shape index (κ3) is 2.77. The molecule has 3 atom stereocenters. The van der Waals surface area contributed by atoms with Crippen LogP contribution in [0.5, 0.6) is 0 Å². The number of nitrogens with zero attached hydrogens (tertiary/aromatic N) is 6. The molecule has 6 rings (SSSR count). The van der Waals surface area contributed by atoms with Crippen LogP contribution < -0.4 is 10.5 Å². The molecule has 3 aromatic heterocycles. The van der Waals surface area contributed by atoms with Crippen molar-refractivity contribution in [3.05, 3.63) is 76.8 Å². The van der Waals surface area contributed by atoms with Crippen LogP contribution in [0.15, 0.2) is 58.2 Å². The van der Waals surface area contributed by atoms with Crippen molar-refractivity contribution in [1.82, 2.24) is 24.7 Å². The van der Waals surface area contributed by atoms with Gasteiger partial charge in [-0.3, -0.25) is 9.36 Å². The Morgan fingerprint density at radius 3 is 2.83 bits per heavy atom. The Bertz CT molecular complexity index is 1310. The lowest BCUT2D eigenvalue weighted by atomic mass is 10.2. The number of hydrogen-bond donors (Lipinski definition) is 0. The van der Waals surface area contributed by atoms with E-state index in [2.05, 4.69) is 25.0 Å². The Morgan fingerprint density at radius 2 is 2.00 bits per heavy atom. The lowest BCUT2D eigenvalue weighted by Crippen LogP contribution is -2.23. The molecule has 2 aliphatic rings. The van der Waals surface area contributed by atoms with Crippen molar-refractivity contribution in [2.75, 3.05) is 18.0 Å². The summed E-state index contributed by atoms with van der Waals surface area (Å²) in [4.78, 5) is 27.6. The molecule has 150 valence electrons. The third-order valence-corrected chi connectivity index (χ3v) is 6.05. The molecule has 9 heteroatoms. The normalized spacial score (nSPS) is 22.4. The van der Waals surface area contributed by atoms with E-state index in [1.165, 1.54) is 17.0 Å². The number of benzene rings is 1. The van der Waals surface area contributed by atoms with Crippen LogP contribution in [-0.2, 0) is 6.54 Å². The van der Waals surface area contributed by atoms with Gasteiger partial charge in [0.2, 0.25) is 5.89 Å². The molecule has 0 bridgehead atoms. The highest BCUT2D eigenvalue weighted by molar-refractivity contribution is 5.72. The van der Waals surface area contributed by atoms with Gasteiger partial charge in [0.15, 0.2) is 11.5 Å². The van der Waals surface area contributed by atoms with E-state index in [-0.39, 0.29) is 23.8 Å². The predicted octanol–water partition coefficient (Wildman–Crippen LogP) is 2.21. The van der Waals surface area contributed by atoms with Gasteiger partial charge in [-0.1, -0.05) is 11.2 Å². The van der Waals surface area contributed by atoms with Crippen molar-refractivity contribution in [1.29, 1.82) is 0 Å². The highest BCUT2D eigenvalue weighted by Crippen LogP contribution is 2.57. The standard InChI is InChI=1S/C21H17FN6O2/c22-12-3-1-4-13(7-12)27-8-15-16(9-27)18(15)20-25-17(30-26-20)10-28-11-24-19-14(21(28)29)5-2-6-23-19/h1-7,11,15-16,18H,8-10H2/t15-,16+,18+. The summed E-state index contributed by atoms with van der Waals surface area (Å²) in [6.07, 6.45) is 3.05. The third-order valence-electron chi connectivity index (χ3n) is 6.05. The molecule has 1 aliphatic heterocycles. The van der Waals surface area contributed by atoms with Crippen LogP contribution in [0, 0.1) is 17.7 Å². The van der Waals surface area contributed by atoms with E-state index >= 15 is 0 Å². The number of piperidine rings is 1. The fraction of sp³-hybridized carbons (Fsp3) is 0.286. The molecule has 0 unspecified atom stereocenters. The molecular weight excluding hydrogens is 387 g/mol. The molecule has 4 aromatic rings. The molecule has 4 heterocycles. The Hall–Kier alpha value is -3.62. The Balaban J connectivity index is 1.16. The molecule has 1 aliphatic carbocycles. The maximum Gasteiger partial charge on any atom is 0.263 e. The fourth-order valence-electron chi connectivity index (χ4n) is 4.52. The average molecular weight is 404 g/mol. The summed E-state index contributed by atoms with van der Waals surface area (Å²) in [6, 6.07) is 10.1. The van der Waals surface area contributed by atoms with Gasteiger partial charge in [0.05, 0.1) is 5.39 Å². The number of aromatic nitrogens is 5. The van der Waals surface area contributed by atoms with Crippen LogP contribution in [0.4, 0.5) is 10.1 Å². The van der Waals surface area contributed by atoms with Crippen LogP contribution in [0.2, 0.25) is 0 Å². The molecule has 0 amide bonds. The molecule has 1 saturated heterocycles. The first-order valence-corrected chi connectivity index (χ1v) is 9.80. The van der Waals surface area contributed by atoms with Gasteiger partial charge in [-0.2, -0.15) is 4.98 Å². The first-order valence-electron chi connectivity index (χ1n) is 9.80. The van der Waals surface area contributed by atoms with E-state index < -0.39 is 0 Å². The zero-order chi connectivity index (χ0) is 20.2. The molecular formula is C21H17FN6O2. The molecule has 0 N–H and O–H groups in total. The van der Waals surface area contributed by atoms with Gasteiger partial charge in [-0.25, -0.2) is 14.4 Å². The zero-order valence-corrected chi connectivity index (χ0v) is 15.8. The maximum atomic E-state index is 13.5. The first-order chi connectivity index (χ1) is 14.7. The van der Waals surface area contributed by atoms with Crippen molar-refractivity contribution in [3.8, 4) is 0 Å². The molecule has 30 heavy (non-hydrogen) atoms. The number of halogens is 1. The highest BCUT2D eigenvalue weighted by Gasteiger charge is 2.58. The monoisotopic (exact) mass is 404 g/mol. The molecule has 0 spiro atoms. The van der Waals surface area contributed by atoms with Gasteiger partial charge in [-0.15, -0.1) is 0 Å². The molecule has 2 fully saturated rings. The maximum absolute atomic E-state index is 13.5. The SMILES string of the molecule is O=c1c2cccnc2ncn1Cc1nc([C@H]2[C@@H]3CN(c4cccc(F)c4)C[C@@H]32)no1. The van der Waals surface area contributed by atoms with Crippen molar-refractivity contribution < 1.29 is 8.91 Å². The van der Waals surface area contributed by atoms with Gasteiger partial charge < -0.3 is 9.42 Å². The number of anilines is 1. The van der Waals surface area contributed by atoms with Gasteiger partial charge in [0.25, 0.3) is 5.56 Å². The molecule has 1 aromatic carbocycles. The van der Waals surface area contributed by atoms with Crippen LogP contribution in [-0.4, -0.2) is 37.8 Å². The number of fused-ring (bicyclic) bond motifs is 2. The Labute approximate surface area is 170 Å². The quantitative estimate of drug-likeness (QED) is 0.515. The van der Waals surface area contributed by atoms with E-state index in [0.717, 1.165) is 18.8 Å². The lowest BCUT2D eigenvalue weighted by Gasteiger charge is -2.21. The fourth-order valence-corrected chi connectivity index (χ4v) is 4.52. The smallest absolute Gasteiger partial charge is 0.263 e. The lowest BCUT2D eigenvalue weighted by molar-refractivity contribution is 0.363. The second kappa shape index (κ2) is 6.45. The van der Waals surface area contributed by atoms with Crippen molar-refractivity contribution in [2.45, 2.75) is 12.5 Å². The number of rotatable bonds is 4. The number of pyridine rings is 1. The van der Waals surface area contributed by atoms with E-state index in [1.54, 1.807) is 30.5 Å². The molecule has 0 radical (unpaired) electrons. The van der Waals surface area contributed by atoms with E-state index in [0.29, 0.717) is 34.6 Å². The topological polar surface area (TPSA) is 89.9 Å². The summed E-state index contributed by atoms with van der Waals surface area (Å²) in [6.45, 7) is 1.87. The minimum atomic E-state index is -0.221. The summed E-state index contributed by atoms with van der Waals surface area (Å²) in [7, 11) is 0. The summed E-state index contributed by atoms with van der Waals surface area (Å²) in [5.41, 5.74) is 1.13. The average Bonchev–Trinajstić information content (AvgIpc) is 3.10. The molecule has 8 nitrogen and oxygen atoms in total. The zero-order valence-electron chi connectivity index (χ0n) is 15.8. The summed E-state index contributed by atoms with van der Waals surface area (Å²) in [5.74, 6) is 1.97. The van der Waals surface area contributed by atoms with Crippen molar-refractivity contribution in [3.63, 3.8) is 0 Å². The summed E-state index contributed by atoms with van der Waals surface area (Å²) >= 11 is 0. The van der Waals surface area contributed by atoms with Crippen molar-refractivity contribution >= 4 is 16.7 Å². The Kier molecular flexibility index (Phi) is 3.71. The van der Waals surface area contributed by atoms with Crippen molar-refractivity contribution in [2.24, 2.45) is 11.8 Å². The second-order valence-electron chi connectivity index (χ2n) is 7.84. The minimum absolute atomic E-state index is 0.168. The summed E-state index contributed by atoms with van der Waals surface area (Å²) < 4.78 is 20.3. The van der Waals surface area contributed by atoms with Crippen LogP contribution in [0.3, 0.4) is 0 Å². The van der Waals surface area contributed by atoms with Gasteiger partial charge in [0, 0.05) is 30.9 Å². The minimum Gasteiger partial charge on any atom is -0.371 e. The summed E-state index contributed by atoms with van der Waals surface area (Å²) in [5, 5.41) is 4.60. The van der Waals surface area contributed by atoms with E-state index in [4.69, 9.17) is 4.52 Å². The first kappa shape index (κ1) is 17.3. The van der Waals surface area contributed by atoms with Crippen LogP contribution >= 0.6 is 0 Å². The second-order valence-corrected chi connectivity index (χ2v) is 7.84. The van der Waals surface area contributed by atoms with Crippen LogP contribution in [0.1, 0.15) is 17.6 Å². The largest absolute Gasteiger partial charge is 0.371 e. The molecule has 1 saturated carbocycles. The van der Waals surface area contributed by atoms with E-state index in [1.807, 2.05) is 6.07 Å². The Morgan fingerprint density at radius 1 is 1.13 bits per heavy atom. The van der Waals surface area contributed by atoms with Gasteiger partial charge >= 0.3 is 0 Å². The predicted molar refractivity (Wildman–Crippen MR) is 106 cm³/mol. The van der Waals surface area contributed by atoms with E-state index in [9.17, 15) is 9.18 Å². The van der Waals surface area contributed by atoms with Gasteiger partial charge in [-0.05, 0) is 42.2 Å². The highest BCUT2D eigenvalue weighted by atomic mass is 19.1. The number of hydrogen-bond acceptors (Lipinski definition) is 7.